The predicted molar refractivity (Wildman–Crippen MR) is 104 cm³/mol. The van der Waals surface area contributed by atoms with Crippen LogP contribution in [0.3, 0.4) is 0 Å². The third kappa shape index (κ3) is 3.32. The second-order valence-corrected chi connectivity index (χ2v) is 7.46. The van der Waals surface area contributed by atoms with Crippen molar-refractivity contribution in [1.29, 1.82) is 0 Å². The van der Waals surface area contributed by atoms with E-state index in [9.17, 15) is 9.59 Å². The Balaban J connectivity index is 1.59. The van der Waals surface area contributed by atoms with Gasteiger partial charge in [-0.1, -0.05) is 30.3 Å². The zero-order valence-corrected chi connectivity index (χ0v) is 16.4. The normalized spacial score (nSPS) is 15.0. The number of likely N-dealkylation sites (N-methyl/N-ethyl adjacent to an activating group) is 1. The molecule has 7 heteroatoms. The number of carbonyl (C=O) groups excluding carboxylic acids is 2. The Kier molecular flexibility index (Phi) is 4.75. The molecule has 1 saturated carbocycles. The van der Waals surface area contributed by atoms with Crippen LogP contribution in [0, 0.1) is 0 Å². The molecule has 0 N–H and O–H groups in total. The summed E-state index contributed by atoms with van der Waals surface area (Å²) in [5, 5.41) is 4.88. The average molecular weight is 380 g/mol. The number of rotatable bonds is 7. The number of aromatic nitrogens is 3. The Morgan fingerprint density at radius 3 is 2.75 bits per heavy atom. The van der Waals surface area contributed by atoms with Gasteiger partial charge in [0.15, 0.2) is 11.6 Å². The van der Waals surface area contributed by atoms with Crippen molar-refractivity contribution in [3.8, 4) is 0 Å². The SMILES string of the molecule is CC[C@@H](C(=O)N(C)Cc1nc(C2CC2)no1)n1cc(C(C)=O)c2ccccc21. The molecule has 2 heterocycles. The topological polar surface area (TPSA) is 81.2 Å². The first kappa shape index (κ1) is 18.4. The molecule has 1 atom stereocenters. The molecular weight excluding hydrogens is 356 g/mol. The summed E-state index contributed by atoms with van der Waals surface area (Å²) in [7, 11) is 1.74. The van der Waals surface area contributed by atoms with E-state index >= 15 is 0 Å². The third-order valence-electron chi connectivity index (χ3n) is 5.30. The molecule has 7 nitrogen and oxygen atoms in total. The summed E-state index contributed by atoms with van der Waals surface area (Å²) in [6, 6.07) is 7.27. The smallest absolute Gasteiger partial charge is 0.246 e. The van der Waals surface area contributed by atoms with Crippen LogP contribution in [0.4, 0.5) is 0 Å². The molecule has 0 spiro atoms. The molecule has 146 valence electrons. The van der Waals surface area contributed by atoms with Crippen molar-refractivity contribution >= 4 is 22.6 Å². The number of Topliss-reactive ketones (excluding diaryl/α,β-unsaturated/α-hetero) is 1. The van der Waals surface area contributed by atoms with Gasteiger partial charge >= 0.3 is 0 Å². The molecule has 4 rings (SSSR count). The maximum Gasteiger partial charge on any atom is 0.246 e. The lowest BCUT2D eigenvalue weighted by Gasteiger charge is -2.23. The van der Waals surface area contributed by atoms with Crippen LogP contribution >= 0.6 is 0 Å². The van der Waals surface area contributed by atoms with E-state index in [0.29, 0.717) is 23.8 Å². The van der Waals surface area contributed by atoms with E-state index in [1.54, 1.807) is 25.1 Å². The van der Waals surface area contributed by atoms with Crippen molar-refractivity contribution in [2.24, 2.45) is 0 Å². The minimum Gasteiger partial charge on any atom is -0.337 e. The lowest BCUT2D eigenvalue weighted by atomic mass is 10.1. The van der Waals surface area contributed by atoms with Crippen molar-refractivity contribution in [1.82, 2.24) is 19.6 Å². The summed E-state index contributed by atoms with van der Waals surface area (Å²) in [5.74, 6) is 1.55. The highest BCUT2D eigenvalue weighted by Crippen LogP contribution is 2.38. The molecule has 1 aromatic carbocycles. The molecule has 0 unspecified atom stereocenters. The largest absolute Gasteiger partial charge is 0.337 e. The second kappa shape index (κ2) is 7.22. The first-order chi connectivity index (χ1) is 13.5. The lowest BCUT2D eigenvalue weighted by molar-refractivity contribution is -0.134. The van der Waals surface area contributed by atoms with Crippen LogP contribution in [0.1, 0.15) is 67.1 Å². The number of benzene rings is 1. The Labute approximate surface area is 163 Å². The summed E-state index contributed by atoms with van der Waals surface area (Å²) in [6.45, 7) is 3.79. The van der Waals surface area contributed by atoms with Gasteiger partial charge in [0.1, 0.15) is 6.04 Å². The van der Waals surface area contributed by atoms with Gasteiger partial charge in [-0.2, -0.15) is 4.98 Å². The predicted octanol–water partition coefficient (Wildman–Crippen LogP) is 3.71. The molecule has 3 aromatic rings. The highest BCUT2D eigenvalue weighted by molar-refractivity contribution is 6.07. The molecule has 1 fully saturated rings. The quantitative estimate of drug-likeness (QED) is 0.584. The Bertz CT molecular complexity index is 1030. The van der Waals surface area contributed by atoms with Crippen molar-refractivity contribution < 1.29 is 14.1 Å². The molecule has 1 amide bonds. The summed E-state index contributed by atoms with van der Waals surface area (Å²) in [5.41, 5.74) is 1.52. The number of fused-ring (bicyclic) bond motifs is 1. The van der Waals surface area contributed by atoms with Gasteiger partial charge in [0.05, 0.1) is 6.54 Å². The highest BCUT2D eigenvalue weighted by atomic mass is 16.5. The van der Waals surface area contributed by atoms with E-state index < -0.39 is 6.04 Å². The van der Waals surface area contributed by atoms with Gasteiger partial charge in [0.25, 0.3) is 0 Å². The fourth-order valence-electron chi connectivity index (χ4n) is 3.61. The van der Waals surface area contributed by atoms with Crippen LogP contribution in [-0.4, -0.2) is 38.3 Å². The first-order valence-corrected chi connectivity index (χ1v) is 9.67. The van der Waals surface area contributed by atoms with E-state index in [-0.39, 0.29) is 18.2 Å². The maximum atomic E-state index is 13.2. The van der Waals surface area contributed by atoms with Crippen molar-refractivity contribution in [3.05, 3.63) is 47.7 Å². The highest BCUT2D eigenvalue weighted by Gasteiger charge is 2.30. The number of ketones is 1. The lowest BCUT2D eigenvalue weighted by Crippen LogP contribution is -2.33. The molecule has 1 aliphatic rings. The summed E-state index contributed by atoms with van der Waals surface area (Å²) >= 11 is 0. The van der Waals surface area contributed by atoms with Crippen molar-refractivity contribution in [3.63, 3.8) is 0 Å². The van der Waals surface area contributed by atoms with Gasteiger partial charge in [-0.25, -0.2) is 0 Å². The Morgan fingerprint density at radius 2 is 2.07 bits per heavy atom. The summed E-state index contributed by atoms with van der Waals surface area (Å²) in [6.07, 6.45) is 4.61. The zero-order chi connectivity index (χ0) is 19.8. The zero-order valence-electron chi connectivity index (χ0n) is 16.4. The standard InChI is InChI=1S/C21H24N4O3/c1-4-17(25-11-16(13(2)26)15-7-5-6-8-18(15)25)21(27)24(3)12-19-22-20(23-28-19)14-9-10-14/h5-8,11,14,17H,4,9-10,12H2,1-3H3/t17-/m0/s1. The number of amides is 1. The van der Waals surface area contributed by atoms with Gasteiger partial charge in [-0.15, -0.1) is 0 Å². The molecule has 2 aromatic heterocycles. The maximum absolute atomic E-state index is 13.2. The Hall–Kier alpha value is -2.96. The van der Waals surface area contributed by atoms with E-state index in [0.717, 1.165) is 29.6 Å². The molecule has 0 radical (unpaired) electrons. The number of hydrogen-bond donors (Lipinski definition) is 0. The van der Waals surface area contributed by atoms with E-state index in [2.05, 4.69) is 10.1 Å². The molecule has 28 heavy (non-hydrogen) atoms. The minimum atomic E-state index is -0.408. The van der Waals surface area contributed by atoms with Crippen molar-refractivity contribution in [2.45, 2.75) is 51.6 Å². The number of hydrogen-bond acceptors (Lipinski definition) is 5. The first-order valence-electron chi connectivity index (χ1n) is 9.67. The van der Waals surface area contributed by atoms with Crippen LogP contribution in [0.25, 0.3) is 10.9 Å². The number of para-hydroxylation sites is 1. The van der Waals surface area contributed by atoms with Crippen LogP contribution in [0.5, 0.6) is 0 Å². The van der Waals surface area contributed by atoms with Gasteiger partial charge < -0.3 is 14.0 Å². The number of carbonyl (C=O) groups is 2. The van der Waals surface area contributed by atoms with Crippen LogP contribution in [0.15, 0.2) is 35.0 Å². The van der Waals surface area contributed by atoms with Gasteiger partial charge in [0, 0.05) is 35.6 Å². The van der Waals surface area contributed by atoms with E-state index in [1.165, 1.54) is 0 Å². The molecule has 0 aliphatic heterocycles. The summed E-state index contributed by atoms with van der Waals surface area (Å²) in [4.78, 5) is 31.3. The Morgan fingerprint density at radius 1 is 1.32 bits per heavy atom. The fraction of sp³-hybridized carbons (Fsp3) is 0.429. The van der Waals surface area contributed by atoms with Gasteiger partial charge in [-0.3, -0.25) is 9.59 Å². The fourth-order valence-corrected chi connectivity index (χ4v) is 3.61. The van der Waals surface area contributed by atoms with Gasteiger partial charge in [-0.05, 0) is 32.3 Å². The molecular formula is C21H24N4O3. The van der Waals surface area contributed by atoms with Crippen LogP contribution < -0.4 is 0 Å². The third-order valence-corrected chi connectivity index (χ3v) is 5.30. The molecule has 0 saturated heterocycles. The molecule has 0 bridgehead atoms. The second-order valence-electron chi connectivity index (χ2n) is 7.46. The molecule has 1 aliphatic carbocycles. The monoisotopic (exact) mass is 380 g/mol. The number of nitrogens with zero attached hydrogens (tertiary/aromatic N) is 4. The van der Waals surface area contributed by atoms with Gasteiger partial charge in [0.2, 0.25) is 11.8 Å². The summed E-state index contributed by atoms with van der Waals surface area (Å²) < 4.78 is 7.22. The van der Waals surface area contributed by atoms with Crippen LogP contribution in [-0.2, 0) is 11.3 Å². The minimum absolute atomic E-state index is 0.0101. The van der Waals surface area contributed by atoms with E-state index in [1.807, 2.05) is 35.8 Å². The van der Waals surface area contributed by atoms with E-state index in [4.69, 9.17) is 4.52 Å². The van der Waals surface area contributed by atoms with Crippen molar-refractivity contribution in [2.75, 3.05) is 7.05 Å². The van der Waals surface area contributed by atoms with Crippen LogP contribution in [0.2, 0.25) is 0 Å². The average Bonchev–Trinajstić information content (AvgIpc) is 3.31.